The standard InChI is InChI=1S/C79H107N9O20/c1-54(81(6)72(89)97-32-27-84-23-9-20-78(84)48-95-49-78)35-58-14-18-65-69(42-58)108-76(107-65)88(75(92)100-34-29-85-25-24-80(5)45-79(85)50-96-51-79)57(4)38-61-13-17-64-68(41-61)106-71(104-64)44-87(74(91)99-33-28-83-22-8-7-19-77(83)46-94-47-77)56(3)37-60-12-16-63-67(40-60)105-70(103-63)43-86(73(90)98-31-26-82-21-10-30-93-52-82)55(2)36-59-11-15-62-66(39-59)102-53-101-62/h11-18,39-42,54-57,70-71,76H,7-10,19-38,43-53H2,1-6H3/t54-,55-,56-,57-,70?,71?,76?/m0/s1. The molecule has 7 atom stereocenters. The number of nitrogens with zero attached hydrogens (tertiary/aromatic N) is 9. The summed E-state index contributed by atoms with van der Waals surface area (Å²) in [5.41, 5.74) is 3.54. The molecule has 29 heteroatoms. The third-order valence-corrected chi connectivity index (χ3v) is 23.5. The second-order valence-corrected chi connectivity index (χ2v) is 31.3. The van der Waals surface area contributed by atoms with Crippen molar-refractivity contribution in [2.45, 2.75) is 152 Å². The van der Waals surface area contributed by atoms with E-state index < -0.39 is 49.4 Å². The number of piperazine rings is 1. The average Bonchev–Trinajstić information content (AvgIpc) is 1.76. The highest BCUT2D eigenvalue weighted by Gasteiger charge is 2.50. The number of likely N-dealkylation sites (N-methyl/N-ethyl adjacent to an activating group) is 2. The molecule has 108 heavy (non-hydrogen) atoms. The molecular formula is C79H107N9O20. The SMILES string of the molecule is C[C@@H](Cc1ccc2c(c1)OC(N(C(=O)OCCN1CCN(C)CC13COC3)[C@@H](C)Cc1ccc3c(c1)OC(CN(C(=O)OCCN1CCCCC14COC4)[C@@H](C)Cc1ccc4c(c1)OC(CN(C(=O)OCCN1CCCOC1)[C@@H](C)Cc1ccc5c(c1)OCO5)O4)O3)O2)N(C)C(=O)OCCN1CCCC12COC2. The number of rotatable bonds is 29. The van der Waals surface area contributed by atoms with Crippen molar-refractivity contribution in [1.82, 2.24) is 44.1 Å². The van der Waals surface area contributed by atoms with Gasteiger partial charge in [0.25, 0.3) is 12.6 Å². The molecule has 11 heterocycles. The van der Waals surface area contributed by atoms with E-state index in [2.05, 4.69) is 31.5 Å². The Morgan fingerprint density at radius 1 is 0.454 bits per heavy atom. The smallest absolute Gasteiger partial charge is 0.415 e. The Morgan fingerprint density at radius 2 is 0.907 bits per heavy atom. The third-order valence-electron chi connectivity index (χ3n) is 23.5. The average molecular weight is 1500 g/mol. The van der Waals surface area contributed by atoms with Gasteiger partial charge < -0.3 is 85.6 Å². The van der Waals surface area contributed by atoms with E-state index in [-0.39, 0.29) is 74.5 Å². The maximum Gasteiger partial charge on any atom is 0.415 e. The molecule has 0 saturated carbocycles. The molecule has 0 N–H and O–H groups in total. The van der Waals surface area contributed by atoms with Crippen LogP contribution in [0.25, 0.3) is 0 Å². The van der Waals surface area contributed by atoms with Crippen molar-refractivity contribution >= 4 is 24.4 Å². The summed E-state index contributed by atoms with van der Waals surface area (Å²) < 4.78 is 97.0. The number of carbonyl (C=O) groups is 4. The minimum Gasteiger partial charge on any atom is -0.454 e. The number of benzene rings is 4. The fraction of sp³-hybridized carbons (Fsp3) is 0.646. The van der Waals surface area contributed by atoms with E-state index in [0.717, 1.165) is 120 Å². The Hall–Kier alpha value is -8.00. The molecular weight excluding hydrogens is 1390 g/mol. The lowest BCUT2D eigenvalue weighted by Crippen LogP contribution is -2.71. The van der Waals surface area contributed by atoms with Crippen molar-refractivity contribution in [3.05, 3.63) is 95.1 Å². The molecule has 0 radical (unpaired) electrons. The number of hydrogen-bond acceptors (Lipinski definition) is 25. The molecule has 7 saturated heterocycles. The van der Waals surface area contributed by atoms with Gasteiger partial charge in [-0.2, -0.15) is 0 Å². The van der Waals surface area contributed by atoms with Gasteiger partial charge in [-0.1, -0.05) is 30.7 Å². The van der Waals surface area contributed by atoms with Gasteiger partial charge in [0.15, 0.2) is 46.0 Å². The van der Waals surface area contributed by atoms with Gasteiger partial charge in [-0.05, 0) is 176 Å². The molecule has 11 aliphatic heterocycles. The monoisotopic (exact) mass is 1500 g/mol. The van der Waals surface area contributed by atoms with Gasteiger partial charge in [0.05, 0.1) is 76.1 Å². The van der Waals surface area contributed by atoms with Gasteiger partial charge in [-0.15, -0.1) is 0 Å². The van der Waals surface area contributed by atoms with Crippen LogP contribution in [-0.2, 0) is 63.6 Å². The molecule has 7 fully saturated rings. The summed E-state index contributed by atoms with van der Waals surface area (Å²) in [6.07, 6.45) is 3.29. The fourth-order valence-electron chi connectivity index (χ4n) is 17.0. The fourth-order valence-corrected chi connectivity index (χ4v) is 17.0. The highest BCUT2D eigenvalue weighted by atomic mass is 16.7. The van der Waals surface area contributed by atoms with E-state index in [1.807, 2.05) is 100 Å². The number of ether oxygens (including phenoxy) is 16. The maximum atomic E-state index is 14.7. The summed E-state index contributed by atoms with van der Waals surface area (Å²) in [4.78, 5) is 74.9. The lowest BCUT2D eigenvalue weighted by molar-refractivity contribution is -0.169. The van der Waals surface area contributed by atoms with Gasteiger partial charge >= 0.3 is 30.8 Å². The zero-order chi connectivity index (χ0) is 74.5. The number of piperidine rings is 1. The molecule has 3 spiro atoms. The van der Waals surface area contributed by atoms with Crippen molar-refractivity contribution in [2.75, 3.05) is 179 Å². The number of fused-ring (bicyclic) bond motifs is 4. The highest BCUT2D eigenvalue weighted by Crippen LogP contribution is 2.43. The molecule has 15 rings (SSSR count). The number of hydrogen-bond donors (Lipinski definition) is 0. The minimum absolute atomic E-state index is 0.0149. The van der Waals surface area contributed by atoms with Gasteiger partial charge in [0, 0.05) is 90.2 Å². The van der Waals surface area contributed by atoms with Crippen molar-refractivity contribution in [3.8, 4) is 46.0 Å². The van der Waals surface area contributed by atoms with Crippen LogP contribution in [0.3, 0.4) is 0 Å². The van der Waals surface area contributed by atoms with Gasteiger partial charge in [0.1, 0.15) is 26.4 Å². The lowest BCUT2D eigenvalue weighted by atomic mass is 9.85. The largest absolute Gasteiger partial charge is 0.454 e. The number of carbonyl (C=O) groups excluding carboxylic acids is 4. The molecule has 4 aromatic carbocycles. The normalized spacial score (nSPS) is 23.2. The third kappa shape index (κ3) is 17.0. The zero-order valence-electron chi connectivity index (χ0n) is 63.4. The summed E-state index contributed by atoms with van der Waals surface area (Å²) in [7, 11) is 3.88. The van der Waals surface area contributed by atoms with Crippen LogP contribution in [0.1, 0.15) is 88.5 Å². The Labute approximate surface area is 632 Å². The number of likely N-dealkylation sites (tertiary alicyclic amines) is 2. The Morgan fingerprint density at radius 3 is 1.46 bits per heavy atom. The van der Waals surface area contributed by atoms with Crippen LogP contribution < -0.4 is 37.9 Å². The van der Waals surface area contributed by atoms with E-state index in [4.69, 9.17) is 75.8 Å². The molecule has 4 aromatic rings. The Balaban J connectivity index is 0.598. The van der Waals surface area contributed by atoms with Crippen LogP contribution in [0, 0.1) is 0 Å². The molecule has 0 bridgehead atoms. The van der Waals surface area contributed by atoms with Crippen molar-refractivity contribution in [2.24, 2.45) is 0 Å². The first-order valence-electron chi connectivity index (χ1n) is 38.9. The van der Waals surface area contributed by atoms with Gasteiger partial charge in [-0.3, -0.25) is 29.4 Å². The molecule has 11 aliphatic rings. The first kappa shape index (κ1) is 75.4. The first-order chi connectivity index (χ1) is 52.4. The van der Waals surface area contributed by atoms with E-state index in [0.29, 0.717) is 138 Å². The lowest BCUT2D eigenvalue weighted by Gasteiger charge is -2.54. The van der Waals surface area contributed by atoms with Crippen LogP contribution >= 0.6 is 0 Å². The van der Waals surface area contributed by atoms with Crippen LogP contribution in [-0.4, -0.2) is 307 Å². The predicted molar refractivity (Wildman–Crippen MR) is 391 cm³/mol. The Bertz CT molecular complexity index is 3800. The summed E-state index contributed by atoms with van der Waals surface area (Å²) in [6, 6.07) is 21.4. The van der Waals surface area contributed by atoms with Crippen LogP contribution in [0.5, 0.6) is 46.0 Å². The van der Waals surface area contributed by atoms with E-state index >= 15 is 0 Å². The van der Waals surface area contributed by atoms with E-state index in [9.17, 15) is 19.2 Å². The summed E-state index contributed by atoms with van der Waals surface area (Å²) >= 11 is 0. The van der Waals surface area contributed by atoms with E-state index in [1.165, 1.54) is 4.90 Å². The van der Waals surface area contributed by atoms with Gasteiger partial charge in [-0.25, -0.2) is 24.1 Å². The second kappa shape index (κ2) is 33.3. The molecule has 29 nitrogen and oxygen atoms in total. The van der Waals surface area contributed by atoms with Gasteiger partial charge in [0.2, 0.25) is 6.79 Å². The van der Waals surface area contributed by atoms with Crippen LogP contribution in [0.15, 0.2) is 72.8 Å². The topological polar surface area (TPSA) is 245 Å². The zero-order valence-corrected chi connectivity index (χ0v) is 63.4. The molecule has 0 aliphatic carbocycles. The van der Waals surface area contributed by atoms with Crippen LogP contribution in [0.2, 0.25) is 0 Å². The maximum absolute atomic E-state index is 14.7. The quantitative estimate of drug-likeness (QED) is 0.0473. The Kier molecular flexibility index (Phi) is 23.2. The molecule has 0 aromatic heterocycles. The number of amides is 4. The van der Waals surface area contributed by atoms with E-state index in [1.54, 1.807) is 21.7 Å². The van der Waals surface area contributed by atoms with Crippen LogP contribution in [0.4, 0.5) is 19.2 Å². The highest BCUT2D eigenvalue weighted by molar-refractivity contribution is 5.70. The molecule has 3 unspecified atom stereocenters. The van der Waals surface area contributed by atoms with Crippen molar-refractivity contribution in [1.29, 1.82) is 0 Å². The second-order valence-electron chi connectivity index (χ2n) is 31.3. The van der Waals surface area contributed by atoms with Crippen molar-refractivity contribution in [3.63, 3.8) is 0 Å². The minimum atomic E-state index is -1.17. The molecule has 588 valence electrons. The first-order valence-corrected chi connectivity index (χ1v) is 38.9. The summed E-state index contributed by atoms with van der Waals surface area (Å²) in [5, 5.41) is 0. The van der Waals surface area contributed by atoms with Crippen molar-refractivity contribution < 1.29 is 95.0 Å². The summed E-state index contributed by atoms with van der Waals surface area (Å²) in [6.45, 7) is 21.9. The molecule has 4 amide bonds. The summed E-state index contributed by atoms with van der Waals surface area (Å²) in [5.74, 6) is 4.29. The predicted octanol–water partition coefficient (Wildman–Crippen LogP) is 7.69.